The summed E-state index contributed by atoms with van der Waals surface area (Å²) in [6.45, 7) is 1.95. The van der Waals surface area contributed by atoms with E-state index >= 15 is 0 Å². The molecule has 0 fully saturated rings. The lowest BCUT2D eigenvalue weighted by Crippen LogP contribution is -1.81. The maximum atomic E-state index is 6.07. The van der Waals surface area contributed by atoms with Gasteiger partial charge in [-0.3, -0.25) is 0 Å². The molecule has 0 heterocycles. The molecule has 0 spiro atoms. The number of benzene rings is 1. The second-order valence-electron chi connectivity index (χ2n) is 2.89. The molecule has 0 bridgehead atoms. The topological polar surface area (TPSA) is 12.4 Å². The molecule has 0 aliphatic carbocycles. The van der Waals surface area contributed by atoms with Crippen LogP contribution in [0.5, 0.6) is 0 Å². The van der Waals surface area contributed by atoms with Gasteiger partial charge in [0.2, 0.25) is 0 Å². The van der Waals surface area contributed by atoms with Crippen LogP contribution in [0.15, 0.2) is 16.5 Å². The minimum Gasteiger partial charge on any atom is -0.225 e. The molecule has 0 N–H and O–H groups in total. The van der Waals surface area contributed by atoms with E-state index in [1.165, 1.54) is 0 Å². The standard InChI is InChI=1S/C9H11Cl2NS/c1-6-4-5-7(10)9(8(6)11)12-13(2)3/h4-5H,1-3H3. The molecule has 0 saturated heterocycles. The third-order valence-corrected chi connectivity index (χ3v) is 2.86. The average Bonchev–Trinajstić information content (AvgIpc) is 2.05. The van der Waals surface area contributed by atoms with Crippen LogP contribution in [0.4, 0.5) is 5.69 Å². The van der Waals surface area contributed by atoms with Crippen molar-refractivity contribution in [1.82, 2.24) is 0 Å². The quantitative estimate of drug-likeness (QED) is 0.698. The molecule has 1 rings (SSSR count). The zero-order valence-corrected chi connectivity index (χ0v) is 10.1. The SMILES string of the molecule is Cc1ccc(Cl)c(N=S(C)C)c1Cl. The van der Waals surface area contributed by atoms with Crippen molar-refractivity contribution in [1.29, 1.82) is 0 Å². The molecule has 4 heteroatoms. The van der Waals surface area contributed by atoms with Gasteiger partial charge in [0.1, 0.15) is 5.69 Å². The first-order valence-electron chi connectivity index (χ1n) is 3.76. The van der Waals surface area contributed by atoms with E-state index in [1.807, 2.05) is 31.6 Å². The monoisotopic (exact) mass is 235 g/mol. The van der Waals surface area contributed by atoms with E-state index in [0.717, 1.165) is 11.3 Å². The van der Waals surface area contributed by atoms with Gasteiger partial charge < -0.3 is 0 Å². The van der Waals surface area contributed by atoms with Gasteiger partial charge in [-0.15, -0.1) is 10.7 Å². The molecular formula is C9H11Cl2NS. The molecule has 13 heavy (non-hydrogen) atoms. The predicted octanol–water partition coefficient (Wildman–Crippen LogP) is 3.99. The van der Waals surface area contributed by atoms with Crippen LogP contribution >= 0.6 is 23.2 Å². The molecule has 1 aromatic rings. The highest BCUT2D eigenvalue weighted by Crippen LogP contribution is 2.35. The zero-order chi connectivity index (χ0) is 10.0. The molecule has 1 nitrogen and oxygen atoms in total. The number of hydrogen-bond donors (Lipinski definition) is 0. The average molecular weight is 236 g/mol. The van der Waals surface area contributed by atoms with Gasteiger partial charge in [0.05, 0.1) is 10.0 Å². The van der Waals surface area contributed by atoms with Crippen molar-refractivity contribution in [2.75, 3.05) is 12.5 Å². The maximum absolute atomic E-state index is 6.07. The van der Waals surface area contributed by atoms with Gasteiger partial charge in [0.25, 0.3) is 0 Å². The Morgan fingerprint density at radius 2 is 1.85 bits per heavy atom. The first kappa shape index (κ1) is 11.0. The Labute approximate surface area is 91.2 Å². The van der Waals surface area contributed by atoms with Crippen LogP contribution in [0.2, 0.25) is 10.0 Å². The van der Waals surface area contributed by atoms with Gasteiger partial charge in [-0.05, 0) is 31.1 Å². The fraction of sp³-hybridized carbons (Fsp3) is 0.333. The first-order valence-corrected chi connectivity index (χ1v) is 6.52. The Kier molecular flexibility index (Phi) is 3.77. The molecule has 0 radical (unpaired) electrons. The molecule has 0 aliphatic heterocycles. The Bertz CT molecular complexity index is 357. The van der Waals surface area contributed by atoms with Gasteiger partial charge in [0.15, 0.2) is 0 Å². The Balaban J connectivity index is 3.34. The Morgan fingerprint density at radius 3 is 2.38 bits per heavy atom. The fourth-order valence-electron chi connectivity index (χ4n) is 0.908. The second kappa shape index (κ2) is 4.45. The highest BCUT2D eigenvalue weighted by Gasteiger charge is 2.06. The Morgan fingerprint density at radius 1 is 1.23 bits per heavy atom. The lowest BCUT2D eigenvalue weighted by atomic mass is 10.2. The summed E-state index contributed by atoms with van der Waals surface area (Å²) in [5, 5.41) is 1.28. The summed E-state index contributed by atoms with van der Waals surface area (Å²) >= 11 is 12.0. The molecule has 0 atom stereocenters. The largest absolute Gasteiger partial charge is 0.225 e. The number of aryl methyl sites for hydroxylation is 1. The minimum absolute atomic E-state index is 0.0393. The summed E-state index contributed by atoms with van der Waals surface area (Å²) in [4.78, 5) is 0. The summed E-state index contributed by atoms with van der Waals surface area (Å²) in [6, 6.07) is 3.72. The lowest BCUT2D eigenvalue weighted by Gasteiger charge is -2.04. The second-order valence-corrected chi connectivity index (χ2v) is 5.41. The maximum Gasteiger partial charge on any atom is 0.108 e. The van der Waals surface area contributed by atoms with Crippen molar-refractivity contribution in [2.24, 2.45) is 4.36 Å². The summed E-state index contributed by atoms with van der Waals surface area (Å²) in [6.07, 6.45) is 4.05. The van der Waals surface area contributed by atoms with Crippen LogP contribution < -0.4 is 0 Å². The predicted molar refractivity (Wildman–Crippen MR) is 62.5 cm³/mol. The molecule has 0 aliphatic rings. The summed E-state index contributed by atoms with van der Waals surface area (Å²) in [5.41, 5.74) is 1.73. The van der Waals surface area contributed by atoms with Crippen LogP contribution in [-0.2, 0) is 10.7 Å². The Hall–Kier alpha value is -0.0500. The zero-order valence-electron chi connectivity index (χ0n) is 7.77. The number of halogens is 2. The molecule has 0 saturated carbocycles. The van der Waals surface area contributed by atoms with Crippen molar-refractivity contribution < 1.29 is 0 Å². The highest BCUT2D eigenvalue weighted by molar-refractivity contribution is 7.85. The van der Waals surface area contributed by atoms with Crippen LogP contribution in [-0.4, -0.2) is 12.5 Å². The van der Waals surface area contributed by atoms with E-state index in [0.29, 0.717) is 10.0 Å². The van der Waals surface area contributed by atoms with E-state index in [4.69, 9.17) is 23.2 Å². The number of nitrogens with zero attached hydrogens (tertiary/aromatic N) is 1. The van der Waals surface area contributed by atoms with Gasteiger partial charge in [0, 0.05) is 0 Å². The van der Waals surface area contributed by atoms with Gasteiger partial charge in [-0.2, -0.15) is 0 Å². The van der Waals surface area contributed by atoms with Crippen LogP contribution in [0, 0.1) is 6.92 Å². The molecule has 0 aromatic heterocycles. The fourth-order valence-corrected chi connectivity index (χ4v) is 2.02. The molecule has 0 unspecified atom stereocenters. The molecule has 0 amide bonds. The lowest BCUT2D eigenvalue weighted by molar-refractivity contribution is 1.44. The van der Waals surface area contributed by atoms with Crippen molar-refractivity contribution in [3.63, 3.8) is 0 Å². The number of hydrogen-bond acceptors (Lipinski definition) is 1. The summed E-state index contributed by atoms with van der Waals surface area (Å²) < 4.78 is 4.38. The first-order chi connectivity index (χ1) is 6.02. The van der Waals surface area contributed by atoms with Crippen LogP contribution in [0.1, 0.15) is 5.56 Å². The van der Waals surface area contributed by atoms with Gasteiger partial charge in [-0.1, -0.05) is 29.3 Å². The molecule has 72 valence electrons. The van der Waals surface area contributed by atoms with E-state index in [9.17, 15) is 0 Å². The summed E-state index contributed by atoms with van der Waals surface area (Å²) in [7, 11) is -0.0393. The molecular weight excluding hydrogens is 225 g/mol. The van der Waals surface area contributed by atoms with Crippen molar-refractivity contribution in [3.05, 3.63) is 27.7 Å². The van der Waals surface area contributed by atoms with Crippen LogP contribution in [0.25, 0.3) is 0 Å². The van der Waals surface area contributed by atoms with Crippen molar-refractivity contribution in [3.8, 4) is 0 Å². The normalized spacial score (nSPS) is 10.6. The third kappa shape index (κ3) is 2.70. The van der Waals surface area contributed by atoms with Gasteiger partial charge >= 0.3 is 0 Å². The van der Waals surface area contributed by atoms with E-state index < -0.39 is 0 Å². The van der Waals surface area contributed by atoms with E-state index in [-0.39, 0.29) is 10.7 Å². The number of rotatable bonds is 1. The highest BCUT2D eigenvalue weighted by atomic mass is 35.5. The summed E-state index contributed by atoms with van der Waals surface area (Å²) in [5.74, 6) is 0. The van der Waals surface area contributed by atoms with E-state index in [2.05, 4.69) is 4.36 Å². The van der Waals surface area contributed by atoms with Crippen molar-refractivity contribution in [2.45, 2.75) is 6.92 Å². The third-order valence-electron chi connectivity index (χ3n) is 1.53. The van der Waals surface area contributed by atoms with E-state index in [1.54, 1.807) is 0 Å². The van der Waals surface area contributed by atoms with Crippen LogP contribution in [0.3, 0.4) is 0 Å². The van der Waals surface area contributed by atoms with Gasteiger partial charge in [-0.25, -0.2) is 4.36 Å². The minimum atomic E-state index is -0.0393. The van der Waals surface area contributed by atoms with Crippen molar-refractivity contribution >= 4 is 39.6 Å². The smallest absolute Gasteiger partial charge is 0.108 e. The molecule has 1 aromatic carbocycles.